The Morgan fingerprint density at radius 2 is 1.61 bits per heavy atom. The summed E-state index contributed by atoms with van der Waals surface area (Å²) in [7, 11) is 0. The molecule has 2 aromatic rings. The molecule has 0 aromatic heterocycles. The predicted octanol–water partition coefficient (Wildman–Crippen LogP) is 6.67. The van der Waals surface area contributed by atoms with E-state index in [2.05, 4.69) is 73.4 Å². The van der Waals surface area contributed by atoms with Crippen LogP contribution in [0, 0.1) is 29.6 Å². The number of hydrogen-bond donors (Lipinski definition) is 2. The average molecular weight is 412 g/mol. The van der Waals surface area contributed by atoms with Crippen molar-refractivity contribution in [3.63, 3.8) is 0 Å². The van der Waals surface area contributed by atoms with Gasteiger partial charge in [-0.2, -0.15) is 0 Å². The molecule has 1 unspecified atom stereocenters. The lowest BCUT2D eigenvalue weighted by Gasteiger charge is -2.29. The van der Waals surface area contributed by atoms with Crippen molar-refractivity contribution in [2.45, 2.75) is 39.5 Å². The van der Waals surface area contributed by atoms with Gasteiger partial charge in [-0.05, 0) is 61.8 Å². The largest absolute Gasteiger partial charge is 0.372 e. The van der Waals surface area contributed by atoms with Gasteiger partial charge < -0.3 is 10.3 Å². The van der Waals surface area contributed by atoms with Gasteiger partial charge in [0.05, 0.1) is 11.4 Å². The molecule has 1 aliphatic carbocycles. The molecule has 1 fully saturated rings. The zero-order valence-corrected chi connectivity index (χ0v) is 18.7. The molecule has 0 bridgehead atoms. The first kappa shape index (κ1) is 21.3. The van der Waals surface area contributed by atoms with Crippen molar-refractivity contribution in [1.82, 2.24) is 0 Å². The molecule has 0 spiro atoms. The molecule has 0 radical (unpaired) electrons. The van der Waals surface area contributed by atoms with Gasteiger partial charge in [0.15, 0.2) is 0 Å². The highest BCUT2D eigenvalue weighted by Gasteiger charge is 2.25. The van der Waals surface area contributed by atoms with E-state index in [-0.39, 0.29) is 11.8 Å². The molecule has 0 saturated carbocycles. The summed E-state index contributed by atoms with van der Waals surface area (Å²) in [4.78, 5) is 2.43. The normalized spacial score (nSPS) is 19.6. The van der Waals surface area contributed by atoms with Crippen LogP contribution in [0.4, 0.5) is 5.69 Å². The smallest absolute Gasteiger partial charge is 0.0822 e. The maximum atomic E-state index is 8.73. The van der Waals surface area contributed by atoms with E-state index in [0.29, 0.717) is 11.4 Å². The van der Waals surface area contributed by atoms with Gasteiger partial charge in [-0.15, -0.1) is 0 Å². The molecule has 1 heterocycles. The van der Waals surface area contributed by atoms with Crippen molar-refractivity contribution in [1.29, 1.82) is 10.8 Å². The van der Waals surface area contributed by atoms with E-state index in [1.165, 1.54) is 41.6 Å². The molecule has 0 amide bonds. The van der Waals surface area contributed by atoms with Gasteiger partial charge in [0.2, 0.25) is 0 Å². The Labute approximate surface area is 186 Å². The van der Waals surface area contributed by atoms with Gasteiger partial charge >= 0.3 is 0 Å². The Kier molecular flexibility index (Phi) is 6.50. The van der Waals surface area contributed by atoms with E-state index in [4.69, 9.17) is 10.8 Å². The molecule has 2 aliphatic rings. The topological polar surface area (TPSA) is 50.9 Å². The highest BCUT2D eigenvalue weighted by molar-refractivity contribution is 6.46. The molecule has 4 rings (SSSR count). The number of rotatable bonds is 6. The Morgan fingerprint density at radius 1 is 0.935 bits per heavy atom. The van der Waals surface area contributed by atoms with Crippen LogP contribution in [0.3, 0.4) is 0 Å². The highest BCUT2D eigenvalue weighted by Crippen LogP contribution is 2.32. The molecule has 3 nitrogen and oxygen atoms in total. The first-order valence-electron chi connectivity index (χ1n) is 11.5. The molecule has 31 heavy (non-hydrogen) atoms. The van der Waals surface area contributed by atoms with Crippen LogP contribution in [0.2, 0.25) is 0 Å². The van der Waals surface area contributed by atoms with Crippen molar-refractivity contribution in [3.8, 4) is 0 Å². The minimum atomic E-state index is -0.000306. The third kappa shape index (κ3) is 4.87. The first-order valence-corrected chi connectivity index (χ1v) is 11.5. The summed E-state index contributed by atoms with van der Waals surface area (Å²) in [5.41, 5.74) is 6.67. The summed E-state index contributed by atoms with van der Waals surface area (Å²) >= 11 is 0. The standard InChI is InChI=1S/C28H33N3/c1-20-9-11-22(12-10-20)25-8-6-7-24(19-25)21(2)27(29)28(30)23-13-15-26(16-14-23)31-17-4-3-5-18-31/h6-16,21,24,29-30H,3-5,17-19H2,1-2H3/t21-,24?/m1/s1. The third-order valence-corrected chi connectivity index (χ3v) is 6.78. The molecular formula is C28H33N3. The first-order chi connectivity index (χ1) is 15.0. The van der Waals surface area contributed by atoms with Gasteiger partial charge in [0.1, 0.15) is 0 Å². The highest BCUT2D eigenvalue weighted by atomic mass is 15.1. The fourth-order valence-electron chi connectivity index (χ4n) is 4.62. The number of allylic oxidation sites excluding steroid dienone is 4. The number of piperidine rings is 1. The zero-order valence-electron chi connectivity index (χ0n) is 18.7. The third-order valence-electron chi connectivity index (χ3n) is 6.78. The summed E-state index contributed by atoms with van der Waals surface area (Å²) in [6.45, 7) is 6.44. The van der Waals surface area contributed by atoms with Gasteiger partial charge in [-0.25, -0.2) is 0 Å². The molecular weight excluding hydrogens is 378 g/mol. The second kappa shape index (κ2) is 9.47. The summed E-state index contributed by atoms with van der Waals surface area (Å²) in [5.74, 6) is 0.237. The van der Waals surface area contributed by atoms with Crippen LogP contribution in [-0.2, 0) is 0 Å². The lowest BCUT2D eigenvalue weighted by Crippen LogP contribution is -2.29. The fraction of sp³-hybridized carbons (Fsp3) is 0.357. The van der Waals surface area contributed by atoms with E-state index in [0.717, 1.165) is 25.1 Å². The Hall–Kier alpha value is -2.94. The van der Waals surface area contributed by atoms with E-state index >= 15 is 0 Å². The number of hydrogen-bond acceptors (Lipinski definition) is 3. The van der Waals surface area contributed by atoms with Crippen molar-refractivity contribution in [2.75, 3.05) is 18.0 Å². The minimum absolute atomic E-state index is 0.000306. The SMILES string of the molecule is Cc1ccc(C2=CC=CC([C@@H](C)C(=N)C(=N)c3ccc(N4CCCCC4)cc3)C2)cc1. The summed E-state index contributed by atoms with van der Waals surface area (Å²) in [6, 6.07) is 16.9. The predicted molar refractivity (Wildman–Crippen MR) is 133 cm³/mol. The molecule has 3 heteroatoms. The van der Waals surface area contributed by atoms with Crippen molar-refractivity contribution in [3.05, 3.63) is 83.4 Å². The van der Waals surface area contributed by atoms with Crippen LogP contribution in [0.25, 0.3) is 5.57 Å². The van der Waals surface area contributed by atoms with Gasteiger partial charge in [-0.3, -0.25) is 5.41 Å². The Bertz CT molecular complexity index is 990. The molecule has 1 saturated heterocycles. The van der Waals surface area contributed by atoms with Crippen LogP contribution in [-0.4, -0.2) is 24.5 Å². The second-order valence-corrected chi connectivity index (χ2v) is 8.98. The van der Waals surface area contributed by atoms with Crippen molar-refractivity contribution < 1.29 is 0 Å². The second-order valence-electron chi connectivity index (χ2n) is 8.98. The Morgan fingerprint density at radius 3 is 2.29 bits per heavy atom. The maximum Gasteiger partial charge on any atom is 0.0822 e. The summed E-state index contributed by atoms with van der Waals surface area (Å²) in [6.07, 6.45) is 11.2. The zero-order chi connectivity index (χ0) is 21.8. The monoisotopic (exact) mass is 411 g/mol. The number of nitrogens with one attached hydrogen (secondary N) is 2. The van der Waals surface area contributed by atoms with Crippen molar-refractivity contribution in [2.24, 2.45) is 11.8 Å². The maximum absolute atomic E-state index is 8.73. The average Bonchev–Trinajstić information content (AvgIpc) is 2.84. The number of nitrogens with zero attached hydrogens (tertiary/aromatic N) is 1. The van der Waals surface area contributed by atoms with E-state index in [1.54, 1.807) is 0 Å². The van der Waals surface area contributed by atoms with Gasteiger partial charge in [-0.1, -0.05) is 67.1 Å². The minimum Gasteiger partial charge on any atom is -0.372 e. The number of anilines is 1. The van der Waals surface area contributed by atoms with Crippen LogP contribution in [0.1, 0.15) is 49.3 Å². The molecule has 160 valence electrons. The van der Waals surface area contributed by atoms with E-state index in [1.807, 2.05) is 12.1 Å². The quantitative estimate of drug-likeness (QED) is 0.513. The summed E-state index contributed by atoms with van der Waals surface area (Å²) in [5, 5.41) is 17.4. The molecule has 2 atom stereocenters. The van der Waals surface area contributed by atoms with Gasteiger partial charge in [0.25, 0.3) is 0 Å². The van der Waals surface area contributed by atoms with E-state index in [9.17, 15) is 0 Å². The lowest BCUT2D eigenvalue weighted by atomic mass is 9.79. The van der Waals surface area contributed by atoms with Crippen LogP contribution in [0.5, 0.6) is 0 Å². The van der Waals surface area contributed by atoms with Crippen LogP contribution in [0.15, 0.2) is 66.8 Å². The number of aryl methyl sites for hydroxylation is 1. The lowest BCUT2D eigenvalue weighted by molar-refractivity contribution is 0.550. The summed E-state index contributed by atoms with van der Waals surface area (Å²) < 4.78 is 0. The molecule has 2 N–H and O–H groups in total. The van der Waals surface area contributed by atoms with Crippen LogP contribution < -0.4 is 4.90 Å². The van der Waals surface area contributed by atoms with Crippen LogP contribution >= 0.6 is 0 Å². The molecule has 1 aliphatic heterocycles. The Balaban J connectivity index is 1.41. The van der Waals surface area contributed by atoms with Crippen molar-refractivity contribution >= 4 is 22.7 Å². The molecule has 2 aromatic carbocycles. The van der Waals surface area contributed by atoms with E-state index < -0.39 is 0 Å². The number of benzene rings is 2. The van der Waals surface area contributed by atoms with Gasteiger partial charge in [0, 0.05) is 30.3 Å². The fourth-order valence-corrected chi connectivity index (χ4v) is 4.62.